The zero-order chi connectivity index (χ0) is 9.26. The molecule has 6 nitrogen and oxygen atoms in total. The number of amides is 1. The summed E-state index contributed by atoms with van der Waals surface area (Å²) in [6.45, 7) is 0.399. The number of hydrazone groups is 1. The number of carbonyl (C=O) groups is 1. The van der Waals surface area contributed by atoms with Gasteiger partial charge in [-0.25, -0.2) is 4.99 Å². The van der Waals surface area contributed by atoms with Gasteiger partial charge in [-0.1, -0.05) is 0 Å². The second-order valence-electron chi connectivity index (χ2n) is 2.66. The number of fused-ring (bicyclic) bond motifs is 1. The third-order valence-electron chi connectivity index (χ3n) is 1.78. The van der Waals surface area contributed by atoms with Crippen molar-refractivity contribution < 1.29 is 9.90 Å². The van der Waals surface area contributed by atoms with Crippen molar-refractivity contribution in [2.24, 2.45) is 15.1 Å². The number of aliphatic hydroxyl groups excluding tert-OH is 1. The van der Waals surface area contributed by atoms with Crippen LogP contribution in [0.5, 0.6) is 0 Å². The molecule has 1 unspecified atom stereocenters. The monoisotopic (exact) mass is 180 g/mol. The molecule has 0 bridgehead atoms. The molecule has 1 N–H and O–H groups in total. The first-order chi connectivity index (χ1) is 6.31. The summed E-state index contributed by atoms with van der Waals surface area (Å²) < 4.78 is 0. The number of hydrogen-bond donors (Lipinski definition) is 1. The van der Waals surface area contributed by atoms with Gasteiger partial charge < -0.3 is 5.11 Å². The van der Waals surface area contributed by atoms with Crippen molar-refractivity contribution in [2.45, 2.75) is 6.17 Å². The Morgan fingerprint density at radius 1 is 1.54 bits per heavy atom. The molecule has 2 aliphatic heterocycles. The average molecular weight is 180 g/mol. The van der Waals surface area contributed by atoms with Crippen LogP contribution in [0.2, 0.25) is 0 Å². The molecule has 0 saturated carbocycles. The van der Waals surface area contributed by atoms with Gasteiger partial charge in [-0.05, 0) is 0 Å². The van der Waals surface area contributed by atoms with E-state index in [1.54, 1.807) is 5.01 Å². The lowest BCUT2D eigenvalue weighted by molar-refractivity contribution is -0.111. The summed E-state index contributed by atoms with van der Waals surface area (Å²) in [5.41, 5.74) is 0.543. The number of hydrogen-bond acceptors (Lipinski definition) is 5. The third-order valence-corrected chi connectivity index (χ3v) is 1.78. The zero-order valence-electron chi connectivity index (χ0n) is 6.79. The van der Waals surface area contributed by atoms with Crippen LogP contribution in [0.25, 0.3) is 0 Å². The Labute approximate surface area is 74.3 Å². The number of rotatable bonds is 2. The Kier molecular flexibility index (Phi) is 1.90. The first-order valence-corrected chi connectivity index (χ1v) is 3.88. The van der Waals surface area contributed by atoms with Gasteiger partial charge in [0, 0.05) is 0 Å². The maximum absolute atomic E-state index is 10.8. The van der Waals surface area contributed by atoms with E-state index in [1.165, 1.54) is 12.4 Å². The molecule has 0 aromatic rings. The largest absolute Gasteiger partial charge is 0.394 e. The van der Waals surface area contributed by atoms with Crippen molar-refractivity contribution in [3.05, 3.63) is 0 Å². The predicted molar refractivity (Wildman–Crippen MR) is 47.0 cm³/mol. The van der Waals surface area contributed by atoms with Crippen LogP contribution in [0.4, 0.5) is 0 Å². The van der Waals surface area contributed by atoms with Crippen LogP contribution in [0.15, 0.2) is 15.1 Å². The standard InChI is InChI=1S/C7H8N4O2/c12-2-1-11-7-5(3-9-11)10-6(13)4-8-7/h3-4,7,12H,1-2H2. The Balaban J connectivity index is 2.17. The van der Waals surface area contributed by atoms with Gasteiger partial charge in [0.05, 0.1) is 25.6 Å². The van der Waals surface area contributed by atoms with Crippen LogP contribution in [0.1, 0.15) is 0 Å². The molecule has 1 atom stereocenters. The first kappa shape index (κ1) is 8.06. The summed E-state index contributed by atoms with van der Waals surface area (Å²) >= 11 is 0. The summed E-state index contributed by atoms with van der Waals surface area (Å²) in [5.74, 6) is -0.358. The van der Waals surface area contributed by atoms with E-state index in [9.17, 15) is 4.79 Å². The highest BCUT2D eigenvalue weighted by molar-refractivity contribution is 6.42. The van der Waals surface area contributed by atoms with E-state index in [0.717, 1.165) is 0 Å². The van der Waals surface area contributed by atoms with E-state index in [1.807, 2.05) is 0 Å². The molecule has 1 amide bonds. The molecule has 0 fully saturated rings. The molecule has 13 heavy (non-hydrogen) atoms. The van der Waals surface area contributed by atoms with E-state index in [0.29, 0.717) is 12.3 Å². The maximum Gasteiger partial charge on any atom is 0.288 e. The van der Waals surface area contributed by atoms with Crippen molar-refractivity contribution in [3.8, 4) is 0 Å². The Morgan fingerprint density at radius 3 is 3.15 bits per heavy atom. The summed E-state index contributed by atoms with van der Waals surface area (Å²) in [6.07, 6.45) is 2.35. The third kappa shape index (κ3) is 1.35. The fraction of sp³-hybridized carbons (Fsp3) is 0.429. The molecule has 2 heterocycles. The van der Waals surface area contributed by atoms with Crippen molar-refractivity contribution in [1.29, 1.82) is 0 Å². The second kappa shape index (κ2) is 3.06. The topological polar surface area (TPSA) is 77.6 Å². The Hall–Kier alpha value is -1.56. The van der Waals surface area contributed by atoms with Crippen molar-refractivity contribution in [1.82, 2.24) is 5.01 Å². The van der Waals surface area contributed by atoms with Gasteiger partial charge in [-0.2, -0.15) is 5.10 Å². The Morgan fingerprint density at radius 2 is 2.38 bits per heavy atom. The van der Waals surface area contributed by atoms with Crippen molar-refractivity contribution >= 4 is 24.0 Å². The quantitative estimate of drug-likeness (QED) is 0.571. The molecular formula is C7H8N4O2. The van der Waals surface area contributed by atoms with Crippen LogP contribution >= 0.6 is 0 Å². The smallest absolute Gasteiger partial charge is 0.288 e. The van der Waals surface area contributed by atoms with Gasteiger partial charge in [-0.3, -0.25) is 14.8 Å². The molecule has 6 heteroatoms. The fourth-order valence-electron chi connectivity index (χ4n) is 1.23. The van der Waals surface area contributed by atoms with Gasteiger partial charge in [-0.15, -0.1) is 0 Å². The van der Waals surface area contributed by atoms with E-state index in [-0.39, 0.29) is 18.7 Å². The summed E-state index contributed by atoms with van der Waals surface area (Å²) in [6, 6.07) is 0. The SMILES string of the molecule is O=C1C=NC2C(=N1)C=NN2CCO. The van der Waals surface area contributed by atoms with Crippen molar-refractivity contribution in [3.63, 3.8) is 0 Å². The van der Waals surface area contributed by atoms with Crippen LogP contribution in [-0.2, 0) is 4.79 Å². The van der Waals surface area contributed by atoms with Crippen LogP contribution in [0.3, 0.4) is 0 Å². The zero-order valence-corrected chi connectivity index (χ0v) is 6.79. The number of aliphatic hydroxyl groups is 1. The van der Waals surface area contributed by atoms with Crippen LogP contribution in [0, 0.1) is 0 Å². The number of β-amino-alcohol motifs (C(OH)–C–C–N with tert-alkyl or cyclic N) is 1. The van der Waals surface area contributed by atoms with Gasteiger partial charge >= 0.3 is 0 Å². The highest BCUT2D eigenvalue weighted by Crippen LogP contribution is 2.12. The lowest BCUT2D eigenvalue weighted by Crippen LogP contribution is -2.35. The predicted octanol–water partition coefficient (Wildman–Crippen LogP) is -1.34. The average Bonchev–Trinajstić information content (AvgIpc) is 2.49. The van der Waals surface area contributed by atoms with E-state index in [2.05, 4.69) is 15.1 Å². The molecule has 2 aliphatic rings. The minimum absolute atomic E-state index is 0.00455. The molecule has 0 aromatic carbocycles. The van der Waals surface area contributed by atoms with Gasteiger partial charge in [0.15, 0.2) is 6.17 Å². The molecular weight excluding hydrogens is 172 g/mol. The van der Waals surface area contributed by atoms with Gasteiger partial charge in [0.25, 0.3) is 5.91 Å². The second-order valence-corrected chi connectivity index (χ2v) is 2.66. The summed E-state index contributed by atoms with van der Waals surface area (Å²) in [4.78, 5) is 18.5. The molecule has 0 saturated heterocycles. The molecule has 0 radical (unpaired) electrons. The molecule has 0 aliphatic carbocycles. The molecule has 2 rings (SSSR count). The van der Waals surface area contributed by atoms with E-state index >= 15 is 0 Å². The number of aliphatic imine (C=N–C) groups is 2. The maximum atomic E-state index is 10.8. The summed E-state index contributed by atoms with van der Waals surface area (Å²) in [7, 11) is 0. The highest BCUT2D eigenvalue weighted by Gasteiger charge is 2.28. The minimum Gasteiger partial charge on any atom is -0.394 e. The normalized spacial score (nSPS) is 25.0. The highest BCUT2D eigenvalue weighted by atomic mass is 16.3. The molecule has 68 valence electrons. The first-order valence-electron chi connectivity index (χ1n) is 3.88. The lowest BCUT2D eigenvalue weighted by Gasteiger charge is -2.20. The lowest BCUT2D eigenvalue weighted by atomic mass is 10.3. The van der Waals surface area contributed by atoms with E-state index < -0.39 is 0 Å². The minimum atomic E-state index is -0.358. The van der Waals surface area contributed by atoms with Crippen LogP contribution < -0.4 is 0 Å². The molecule has 0 aromatic heterocycles. The van der Waals surface area contributed by atoms with Crippen molar-refractivity contribution in [2.75, 3.05) is 13.2 Å². The number of nitrogens with zero attached hydrogens (tertiary/aromatic N) is 4. The van der Waals surface area contributed by atoms with Gasteiger partial charge in [0.1, 0.15) is 5.71 Å². The molecule has 0 spiro atoms. The van der Waals surface area contributed by atoms with E-state index in [4.69, 9.17) is 5.11 Å². The summed E-state index contributed by atoms with van der Waals surface area (Å²) in [5, 5.41) is 14.2. The van der Waals surface area contributed by atoms with Crippen LogP contribution in [-0.4, -0.2) is 53.5 Å². The van der Waals surface area contributed by atoms with Gasteiger partial charge in [0.2, 0.25) is 0 Å². The Bertz CT molecular complexity index is 320. The fourth-order valence-corrected chi connectivity index (χ4v) is 1.23. The number of carbonyl (C=O) groups excluding carboxylic acids is 1.